The van der Waals surface area contributed by atoms with E-state index in [-0.39, 0.29) is 17.8 Å². The van der Waals surface area contributed by atoms with Crippen molar-refractivity contribution in [1.82, 2.24) is 4.90 Å². The molecular formula is C18H21NO4S2. The average molecular weight is 380 g/mol. The minimum absolute atomic E-state index is 0.0256. The SMILES string of the molecule is C#CCOc1ccc(C[C@H]2SC(=S)N(CCOC)C2=O)cc1OCC. The van der Waals surface area contributed by atoms with Crippen molar-refractivity contribution in [3.63, 3.8) is 0 Å². The van der Waals surface area contributed by atoms with E-state index in [2.05, 4.69) is 5.92 Å². The molecule has 1 atom stereocenters. The molecule has 1 aliphatic rings. The molecule has 1 saturated heterocycles. The van der Waals surface area contributed by atoms with Crippen LogP contribution in [0.1, 0.15) is 12.5 Å². The summed E-state index contributed by atoms with van der Waals surface area (Å²) in [5.74, 6) is 3.69. The molecule has 25 heavy (non-hydrogen) atoms. The molecule has 1 aromatic carbocycles. The average Bonchev–Trinajstić information content (AvgIpc) is 2.86. The second-order valence-electron chi connectivity index (χ2n) is 5.27. The van der Waals surface area contributed by atoms with E-state index in [4.69, 9.17) is 32.9 Å². The van der Waals surface area contributed by atoms with Crippen LogP contribution in [0.3, 0.4) is 0 Å². The number of amides is 1. The number of methoxy groups -OCH3 is 1. The number of ether oxygens (including phenoxy) is 3. The lowest BCUT2D eigenvalue weighted by Gasteiger charge is -2.15. The zero-order valence-electron chi connectivity index (χ0n) is 14.3. The van der Waals surface area contributed by atoms with Crippen LogP contribution >= 0.6 is 24.0 Å². The van der Waals surface area contributed by atoms with Crippen LogP contribution in [0.2, 0.25) is 0 Å². The number of hydrogen-bond donors (Lipinski definition) is 0. The molecule has 0 saturated carbocycles. The fraction of sp³-hybridized carbons (Fsp3) is 0.444. The molecule has 1 aliphatic heterocycles. The lowest BCUT2D eigenvalue weighted by molar-refractivity contribution is -0.126. The summed E-state index contributed by atoms with van der Waals surface area (Å²) in [4.78, 5) is 14.1. The summed E-state index contributed by atoms with van der Waals surface area (Å²) in [5.41, 5.74) is 0.985. The van der Waals surface area contributed by atoms with E-state index in [0.29, 0.717) is 42.0 Å². The Hall–Kier alpha value is -1.75. The summed E-state index contributed by atoms with van der Waals surface area (Å²) in [6.45, 7) is 3.55. The third-order valence-electron chi connectivity index (χ3n) is 3.56. The van der Waals surface area contributed by atoms with Gasteiger partial charge in [0.1, 0.15) is 10.9 Å². The number of thiocarbonyl (C=S) groups is 1. The van der Waals surface area contributed by atoms with Gasteiger partial charge in [0.25, 0.3) is 0 Å². The highest BCUT2D eigenvalue weighted by atomic mass is 32.2. The summed E-state index contributed by atoms with van der Waals surface area (Å²) in [6.07, 6.45) is 5.81. The van der Waals surface area contributed by atoms with Crippen LogP contribution in [0.25, 0.3) is 0 Å². The molecule has 0 aromatic heterocycles. The standard InChI is InChI=1S/C18H21NO4S2/c1-4-9-23-14-7-6-13(11-15(14)22-5-2)12-16-17(20)19(8-10-21-3)18(24)25-16/h1,6-7,11,16H,5,8-10,12H2,2-3H3/t16-/m1/s1. The molecule has 0 unspecified atom stereocenters. The monoisotopic (exact) mass is 379 g/mol. The zero-order valence-corrected chi connectivity index (χ0v) is 16.0. The lowest BCUT2D eigenvalue weighted by Crippen LogP contribution is -2.34. The molecule has 1 heterocycles. The van der Waals surface area contributed by atoms with Crippen molar-refractivity contribution >= 4 is 34.2 Å². The summed E-state index contributed by atoms with van der Waals surface area (Å²) < 4.78 is 16.7. The molecule has 2 rings (SSSR count). The van der Waals surface area contributed by atoms with Crippen LogP contribution in [0.15, 0.2) is 18.2 Å². The molecule has 134 valence electrons. The number of nitrogens with zero attached hydrogens (tertiary/aromatic N) is 1. The minimum atomic E-state index is -0.226. The van der Waals surface area contributed by atoms with Crippen molar-refractivity contribution < 1.29 is 19.0 Å². The van der Waals surface area contributed by atoms with Gasteiger partial charge in [-0.1, -0.05) is 36.0 Å². The number of carbonyl (C=O) groups excluding carboxylic acids is 1. The van der Waals surface area contributed by atoms with Crippen molar-refractivity contribution in [2.45, 2.75) is 18.6 Å². The Balaban J connectivity index is 2.09. The number of thioether (sulfide) groups is 1. The maximum absolute atomic E-state index is 12.5. The summed E-state index contributed by atoms with van der Waals surface area (Å²) >= 11 is 6.73. The maximum atomic E-state index is 12.5. The van der Waals surface area contributed by atoms with E-state index in [9.17, 15) is 4.79 Å². The third-order valence-corrected chi connectivity index (χ3v) is 5.15. The predicted molar refractivity (Wildman–Crippen MR) is 103 cm³/mol. The van der Waals surface area contributed by atoms with Gasteiger partial charge in [-0.2, -0.15) is 0 Å². The highest BCUT2D eigenvalue weighted by molar-refractivity contribution is 8.24. The van der Waals surface area contributed by atoms with Gasteiger partial charge in [-0.05, 0) is 31.0 Å². The van der Waals surface area contributed by atoms with Crippen molar-refractivity contribution in [3.05, 3.63) is 23.8 Å². The second kappa shape index (κ2) is 9.66. The predicted octanol–water partition coefficient (Wildman–Crippen LogP) is 2.52. The zero-order chi connectivity index (χ0) is 18.2. The Morgan fingerprint density at radius 3 is 2.84 bits per heavy atom. The molecule has 1 fully saturated rings. The smallest absolute Gasteiger partial charge is 0.242 e. The van der Waals surface area contributed by atoms with Gasteiger partial charge in [-0.15, -0.1) is 6.42 Å². The fourth-order valence-corrected chi connectivity index (χ4v) is 4.00. The van der Waals surface area contributed by atoms with Crippen LogP contribution in [0, 0.1) is 12.3 Å². The molecule has 0 N–H and O–H groups in total. The van der Waals surface area contributed by atoms with Crippen LogP contribution in [-0.2, 0) is 16.0 Å². The summed E-state index contributed by atoms with van der Waals surface area (Å²) in [7, 11) is 1.60. The Kier molecular flexibility index (Phi) is 7.56. The van der Waals surface area contributed by atoms with Crippen molar-refractivity contribution in [2.75, 3.05) is 33.5 Å². The van der Waals surface area contributed by atoms with E-state index in [1.165, 1.54) is 11.8 Å². The van der Waals surface area contributed by atoms with Gasteiger partial charge in [0.2, 0.25) is 5.91 Å². The number of carbonyl (C=O) groups is 1. The number of rotatable bonds is 9. The Bertz CT molecular complexity index is 672. The molecule has 0 bridgehead atoms. The first-order chi connectivity index (χ1) is 12.1. The highest BCUT2D eigenvalue weighted by Gasteiger charge is 2.36. The van der Waals surface area contributed by atoms with Gasteiger partial charge in [-0.3, -0.25) is 9.69 Å². The first-order valence-corrected chi connectivity index (χ1v) is 9.22. The number of terminal acetylenes is 1. The van der Waals surface area contributed by atoms with Gasteiger partial charge in [0, 0.05) is 7.11 Å². The number of benzene rings is 1. The van der Waals surface area contributed by atoms with Gasteiger partial charge >= 0.3 is 0 Å². The summed E-state index contributed by atoms with van der Waals surface area (Å²) in [5, 5.41) is -0.226. The Labute approximate surface area is 158 Å². The molecule has 1 amide bonds. The van der Waals surface area contributed by atoms with E-state index in [0.717, 1.165) is 5.56 Å². The normalized spacial score (nSPS) is 16.8. The molecule has 1 aromatic rings. The summed E-state index contributed by atoms with van der Waals surface area (Å²) in [6, 6.07) is 5.63. The van der Waals surface area contributed by atoms with Crippen LogP contribution < -0.4 is 9.47 Å². The van der Waals surface area contributed by atoms with Crippen molar-refractivity contribution in [3.8, 4) is 23.8 Å². The molecule has 0 aliphatic carbocycles. The molecular weight excluding hydrogens is 358 g/mol. The van der Waals surface area contributed by atoms with Gasteiger partial charge in [-0.25, -0.2) is 0 Å². The van der Waals surface area contributed by atoms with Crippen molar-refractivity contribution in [2.24, 2.45) is 0 Å². The third kappa shape index (κ3) is 5.11. The quantitative estimate of drug-likeness (QED) is 0.485. The first-order valence-electron chi connectivity index (χ1n) is 7.93. The molecule has 0 spiro atoms. The first kappa shape index (κ1) is 19.6. The van der Waals surface area contributed by atoms with Gasteiger partial charge < -0.3 is 14.2 Å². The molecule has 0 radical (unpaired) electrons. The van der Waals surface area contributed by atoms with Crippen LogP contribution in [0.5, 0.6) is 11.5 Å². The highest BCUT2D eigenvalue weighted by Crippen LogP contribution is 2.33. The van der Waals surface area contributed by atoms with Crippen molar-refractivity contribution in [1.29, 1.82) is 0 Å². The maximum Gasteiger partial charge on any atom is 0.242 e. The van der Waals surface area contributed by atoms with E-state index >= 15 is 0 Å². The Morgan fingerprint density at radius 1 is 1.36 bits per heavy atom. The largest absolute Gasteiger partial charge is 0.490 e. The second-order valence-corrected chi connectivity index (χ2v) is 7.10. The minimum Gasteiger partial charge on any atom is -0.490 e. The van der Waals surface area contributed by atoms with Gasteiger partial charge in [0.05, 0.1) is 25.0 Å². The topological polar surface area (TPSA) is 48.0 Å². The van der Waals surface area contributed by atoms with Crippen LogP contribution in [-0.4, -0.2) is 53.9 Å². The van der Waals surface area contributed by atoms with Crippen LogP contribution in [0.4, 0.5) is 0 Å². The van der Waals surface area contributed by atoms with E-state index in [1.807, 2.05) is 25.1 Å². The Morgan fingerprint density at radius 2 is 2.16 bits per heavy atom. The lowest BCUT2D eigenvalue weighted by atomic mass is 10.1. The molecule has 5 nitrogen and oxygen atoms in total. The fourth-order valence-electron chi connectivity index (χ4n) is 2.41. The van der Waals surface area contributed by atoms with E-state index in [1.54, 1.807) is 12.0 Å². The van der Waals surface area contributed by atoms with Gasteiger partial charge in [0.15, 0.2) is 11.5 Å². The van der Waals surface area contributed by atoms with E-state index < -0.39 is 0 Å². The number of hydrogen-bond acceptors (Lipinski definition) is 6. The molecule has 7 heteroatoms.